The van der Waals surface area contributed by atoms with E-state index in [4.69, 9.17) is 0 Å². The lowest BCUT2D eigenvalue weighted by Gasteiger charge is -2.07. The zero-order chi connectivity index (χ0) is 11.3. The highest BCUT2D eigenvalue weighted by Crippen LogP contribution is 2.11. The van der Waals surface area contributed by atoms with Gasteiger partial charge in [-0.05, 0) is 12.1 Å². The summed E-state index contributed by atoms with van der Waals surface area (Å²) in [6.45, 7) is 4.68. The number of nitrogens with one attached hydrogen (secondary N) is 1. The fourth-order valence-electron chi connectivity index (χ4n) is 1.18. The second-order valence-electron chi connectivity index (χ2n) is 3.59. The van der Waals surface area contributed by atoms with Gasteiger partial charge in [-0.2, -0.15) is 0 Å². The van der Waals surface area contributed by atoms with Crippen molar-refractivity contribution in [2.45, 2.75) is 24.8 Å². The van der Waals surface area contributed by atoms with E-state index in [2.05, 4.69) is 5.32 Å². The van der Waals surface area contributed by atoms with Crippen molar-refractivity contribution in [2.75, 3.05) is 12.3 Å². The summed E-state index contributed by atoms with van der Waals surface area (Å²) >= 11 is 0. The summed E-state index contributed by atoms with van der Waals surface area (Å²) in [6, 6.07) is 6.57. The third-order valence-electron chi connectivity index (χ3n) is 1.92. The van der Waals surface area contributed by atoms with Crippen LogP contribution in [0.15, 0.2) is 29.2 Å². The maximum atomic E-state index is 13.2. The van der Waals surface area contributed by atoms with Crippen LogP contribution in [0, 0.1) is 5.82 Å². The van der Waals surface area contributed by atoms with E-state index in [0.717, 1.165) is 0 Å². The lowest BCUT2D eigenvalue weighted by atomic mass is 10.3. The molecule has 0 spiro atoms. The SMILES string of the molecule is CC(C)NCCS(=O)c1ccccc1F. The van der Waals surface area contributed by atoms with Crippen LogP contribution >= 0.6 is 0 Å². The summed E-state index contributed by atoms with van der Waals surface area (Å²) in [4.78, 5) is 0.294. The van der Waals surface area contributed by atoms with Gasteiger partial charge >= 0.3 is 0 Å². The molecule has 0 saturated carbocycles. The molecule has 0 aliphatic carbocycles. The summed E-state index contributed by atoms with van der Waals surface area (Å²) in [5, 5.41) is 3.15. The topological polar surface area (TPSA) is 29.1 Å². The predicted molar refractivity (Wildman–Crippen MR) is 60.8 cm³/mol. The van der Waals surface area contributed by atoms with Crippen molar-refractivity contribution in [3.8, 4) is 0 Å². The van der Waals surface area contributed by atoms with Crippen molar-refractivity contribution >= 4 is 10.8 Å². The van der Waals surface area contributed by atoms with Gasteiger partial charge in [0.15, 0.2) is 0 Å². The Hall–Kier alpha value is -0.740. The summed E-state index contributed by atoms with van der Waals surface area (Å²) in [5.41, 5.74) is 0. The van der Waals surface area contributed by atoms with Gasteiger partial charge in [-0.15, -0.1) is 0 Å². The fraction of sp³-hybridized carbons (Fsp3) is 0.455. The Kier molecular flexibility index (Phi) is 4.91. The molecule has 2 nitrogen and oxygen atoms in total. The summed E-state index contributed by atoms with van der Waals surface area (Å²) in [6.07, 6.45) is 0. The first-order chi connectivity index (χ1) is 7.11. The highest BCUT2D eigenvalue weighted by Gasteiger charge is 2.08. The molecule has 1 rings (SSSR count). The normalized spacial score (nSPS) is 13.1. The van der Waals surface area contributed by atoms with Crippen LogP contribution in [0.1, 0.15) is 13.8 Å². The average molecular weight is 229 g/mol. The van der Waals surface area contributed by atoms with Gasteiger partial charge < -0.3 is 5.32 Å². The summed E-state index contributed by atoms with van der Waals surface area (Å²) in [7, 11) is -1.25. The fourth-order valence-corrected chi connectivity index (χ4v) is 2.22. The molecule has 84 valence electrons. The van der Waals surface area contributed by atoms with Gasteiger partial charge in [0.05, 0.1) is 15.7 Å². The summed E-state index contributed by atoms with van der Waals surface area (Å²) in [5.74, 6) is 0.0550. The third-order valence-corrected chi connectivity index (χ3v) is 3.32. The van der Waals surface area contributed by atoms with Crippen molar-refractivity contribution in [3.63, 3.8) is 0 Å². The van der Waals surface area contributed by atoms with Crippen LogP contribution in [0.3, 0.4) is 0 Å². The molecule has 0 radical (unpaired) electrons. The van der Waals surface area contributed by atoms with Crippen molar-refractivity contribution in [3.05, 3.63) is 30.1 Å². The van der Waals surface area contributed by atoms with Crippen molar-refractivity contribution < 1.29 is 8.60 Å². The van der Waals surface area contributed by atoms with E-state index < -0.39 is 10.8 Å². The van der Waals surface area contributed by atoms with Crippen LogP contribution in [0.25, 0.3) is 0 Å². The smallest absolute Gasteiger partial charge is 0.139 e. The second kappa shape index (κ2) is 5.98. The quantitative estimate of drug-likeness (QED) is 0.836. The van der Waals surface area contributed by atoms with E-state index in [0.29, 0.717) is 23.2 Å². The minimum absolute atomic E-state index is 0.294. The van der Waals surface area contributed by atoms with Crippen LogP contribution in [-0.4, -0.2) is 22.5 Å². The highest BCUT2D eigenvalue weighted by atomic mass is 32.2. The number of benzene rings is 1. The Labute approximate surface area is 92.3 Å². The standard InChI is InChI=1S/C11H16FNOS/c1-9(2)13-7-8-15(14)11-6-4-3-5-10(11)12/h3-6,9,13H,7-8H2,1-2H3. The number of hydrogen-bond acceptors (Lipinski definition) is 2. The van der Waals surface area contributed by atoms with E-state index in [1.165, 1.54) is 6.07 Å². The van der Waals surface area contributed by atoms with E-state index >= 15 is 0 Å². The molecule has 0 heterocycles. The van der Waals surface area contributed by atoms with Gasteiger partial charge in [-0.3, -0.25) is 4.21 Å². The largest absolute Gasteiger partial charge is 0.314 e. The Morgan fingerprint density at radius 1 is 1.40 bits per heavy atom. The molecule has 0 aromatic heterocycles. The molecule has 0 amide bonds. The first-order valence-electron chi connectivity index (χ1n) is 4.97. The monoisotopic (exact) mass is 229 g/mol. The van der Waals surface area contributed by atoms with Crippen molar-refractivity contribution in [1.82, 2.24) is 5.32 Å². The molecule has 1 aromatic rings. The highest BCUT2D eigenvalue weighted by molar-refractivity contribution is 7.85. The first kappa shape index (κ1) is 12.3. The Morgan fingerprint density at radius 3 is 2.67 bits per heavy atom. The molecule has 0 fully saturated rings. The van der Waals surface area contributed by atoms with Crippen LogP contribution in [0.2, 0.25) is 0 Å². The van der Waals surface area contributed by atoms with Crippen molar-refractivity contribution in [2.24, 2.45) is 0 Å². The minimum Gasteiger partial charge on any atom is -0.314 e. The Balaban J connectivity index is 2.51. The van der Waals surface area contributed by atoms with Crippen molar-refractivity contribution in [1.29, 1.82) is 0 Å². The molecule has 0 saturated heterocycles. The Bertz CT molecular complexity index is 341. The molecular weight excluding hydrogens is 213 g/mol. The molecular formula is C11H16FNOS. The molecule has 0 aliphatic rings. The average Bonchev–Trinajstić information content (AvgIpc) is 2.17. The van der Waals surface area contributed by atoms with Gasteiger partial charge in [-0.25, -0.2) is 4.39 Å². The minimum atomic E-state index is -1.25. The molecule has 1 aromatic carbocycles. The maximum absolute atomic E-state index is 13.2. The molecule has 0 bridgehead atoms. The lowest BCUT2D eigenvalue weighted by molar-refractivity contribution is 0.591. The van der Waals surface area contributed by atoms with E-state index in [1.807, 2.05) is 13.8 Å². The first-order valence-corrected chi connectivity index (χ1v) is 6.29. The maximum Gasteiger partial charge on any atom is 0.139 e. The van der Waals surface area contributed by atoms with Gasteiger partial charge in [0.1, 0.15) is 5.82 Å². The zero-order valence-corrected chi connectivity index (χ0v) is 9.81. The Morgan fingerprint density at radius 2 is 2.07 bits per heavy atom. The second-order valence-corrected chi connectivity index (χ2v) is 5.13. The molecule has 4 heteroatoms. The van der Waals surface area contributed by atoms with E-state index in [1.54, 1.807) is 18.2 Å². The molecule has 1 N–H and O–H groups in total. The predicted octanol–water partition coefficient (Wildman–Crippen LogP) is 1.93. The molecule has 1 atom stereocenters. The van der Waals surface area contributed by atoms with E-state index in [-0.39, 0.29) is 5.82 Å². The summed E-state index contributed by atoms with van der Waals surface area (Å²) < 4.78 is 24.9. The van der Waals surface area contributed by atoms with Crippen LogP contribution in [0.4, 0.5) is 4.39 Å². The molecule has 0 aliphatic heterocycles. The third kappa shape index (κ3) is 4.10. The molecule has 1 unspecified atom stereocenters. The van der Waals surface area contributed by atoms with Crippen LogP contribution in [0.5, 0.6) is 0 Å². The van der Waals surface area contributed by atoms with Crippen LogP contribution in [-0.2, 0) is 10.8 Å². The molecule has 15 heavy (non-hydrogen) atoms. The van der Waals surface area contributed by atoms with Gasteiger partial charge in [0, 0.05) is 18.3 Å². The number of hydrogen-bond donors (Lipinski definition) is 1. The zero-order valence-electron chi connectivity index (χ0n) is 9.00. The lowest BCUT2D eigenvalue weighted by Crippen LogP contribution is -2.27. The van der Waals surface area contributed by atoms with Gasteiger partial charge in [0.25, 0.3) is 0 Å². The van der Waals surface area contributed by atoms with Gasteiger partial charge in [0.2, 0.25) is 0 Å². The van der Waals surface area contributed by atoms with Crippen LogP contribution < -0.4 is 5.32 Å². The number of halogens is 1. The number of rotatable bonds is 5. The van der Waals surface area contributed by atoms with Gasteiger partial charge in [-0.1, -0.05) is 26.0 Å². The van der Waals surface area contributed by atoms with E-state index in [9.17, 15) is 8.60 Å².